The molecule has 0 unspecified atom stereocenters. The highest BCUT2D eigenvalue weighted by molar-refractivity contribution is 9.10. The normalized spacial score (nSPS) is 10.8. The van der Waals surface area contributed by atoms with Crippen LogP contribution in [-0.2, 0) is 4.79 Å². The molecule has 7 heteroatoms. The zero-order valence-corrected chi connectivity index (χ0v) is 16.5. The molecule has 2 N–H and O–H groups in total. The predicted octanol–water partition coefficient (Wildman–Crippen LogP) is 3.70. The van der Waals surface area contributed by atoms with Crippen LogP contribution < -0.4 is 14.9 Å². The molecule has 0 aliphatic heterocycles. The summed E-state index contributed by atoms with van der Waals surface area (Å²) in [6.45, 7) is 5.97. The van der Waals surface area contributed by atoms with Crippen molar-refractivity contribution in [3.05, 3.63) is 51.5 Å². The number of phenols is 1. The fourth-order valence-corrected chi connectivity index (χ4v) is 3.04. The fraction of sp³-hybridized carbons (Fsp3) is 0.263. The quantitative estimate of drug-likeness (QED) is 0.528. The summed E-state index contributed by atoms with van der Waals surface area (Å²) in [7, 11) is 0. The third-order valence-corrected chi connectivity index (χ3v) is 3.92. The largest absolute Gasteiger partial charge is 0.504 e. The molecule has 0 saturated carbocycles. The Labute approximate surface area is 161 Å². The molecule has 2 aromatic carbocycles. The molecular weight excluding hydrogens is 400 g/mol. The molecule has 2 aromatic rings. The highest BCUT2D eigenvalue weighted by atomic mass is 79.9. The van der Waals surface area contributed by atoms with E-state index in [0.717, 1.165) is 15.6 Å². The van der Waals surface area contributed by atoms with E-state index in [1.54, 1.807) is 12.1 Å². The van der Waals surface area contributed by atoms with E-state index in [0.29, 0.717) is 23.7 Å². The van der Waals surface area contributed by atoms with Crippen molar-refractivity contribution in [3.8, 4) is 17.2 Å². The van der Waals surface area contributed by atoms with E-state index in [9.17, 15) is 9.90 Å². The number of hydrogen-bond acceptors (Lipinski definition) is 5. The van der Waals surface area contributed by atoms with E-state index in [-0.39, 0.29) is 18.3 Å². The van der Waals surface area contributed by atoms with Crippen molar-refractivity contribution in [2.75, 3.05) is 13.2 Å². The van der Waals surface area contributed by atoms with Gasteiger partial charge in [0.25, 0.3) is 5.91 Å². The van der Waals surface area contributed by atoms with Gasteiger partial charge in [-0.05, 0) is 67.8 Å². The summed E-state index contributed by atoms with van der Waals surface area (Å²) in [5.41, 5.74) is 4.99. The average Bonchev–Trinajstić information content (AvgIpc) is 2.57. The van der Waals surface area contributed by atoms with E-state index < -0.39 is 0 Å². The Balaban J connectivity index is 1.91. The number of rotatable bonds is 7. The van der Waals surface area contributed by atoms with Crippen LogP contribution in [-0.4, -0.2) is 30.4 Å². The van der Waals surface area contributed by atoms with Crippen molar-refractivity contribution in [3.63, 3.8) is 0 Å². The van der Waals surface area contributed by atoms with E-state index in [4.69, 9.17) is 9.47 Å². The Bertz CT molecular complexity index is 798. The first kappa shape index (κ1) is 19.8. The molecule has 0 aliphatic carbocycles. The van der Waals surface area contributed by atoms with Gasteiger partial charge in [0.15, 0.2) is 18.1 Å². The smallest absolute Gasteiger partial charge is 0.277 e. The predicted molar refractivity (Wildman–Crippen MR) is 104 cm³/mol. The molecule has 0 radical (unpaired) electrons. The first-order valence-corrected chi connectivity index (χ1v) is 8.87. The standard InChI is InChI=1S/C19H21BrN2O4/c1-4-25-17-9-14(5-6-16(17)23)10-21-22-18(24)11-26-19-12(2)7-15(20)8-13(19)3/h5-10,23H,4,11H2,1-3H3,(H,22,24)/b21-10+. The van der Waals surface area contributed by atoms with Gasteiger partial charge in [-0.1, -0.05) is 15.9 Å². The van der Waals surface area contributed by atoms with Gasteiger partial charge in [-0.15, -0.1) is 0 Å². The number of carbonyl (C=O) groups is 1. The Morgan fingerprint density at radius 3 is 2.58 bits per heavy atom. The third kappa shape index (κ3) is 5.49. The van der Waals surface area contributed by atoms with E-state index >= 15 is 0 Å². The maximum Gasteiger partial charge on any atom is 0.277 e. The number of carbonyl (C=O) groups excluding carboxylic acids is 1. The maximum atomic E-state index is 11.9. The molecule has 0 heterocycles. The Morgan fingerprint density at radius 2 is 1.92 bits per heavy atom. The lowest BCUT2D eigenvalue weighted by molar-refractivity contribution is -0.123. The number of nitrogens with zero attached hydrogens (tertiary/aromatic N) is 1. The lowest BCUT2D eigenvalue weighted by Crippen LogP contribution is -2.25. The Morgan fingerprint density at radius 1 is 1.23 bits per heavy atom. The molecule has 0 saturated heterocycles. The van der Waals surface area contributed by atoms with Crippen molar-refractivity contribution in [2.45, 2.75) is 20.8 Å². The summed E-state index contributed by atoms with van der Waals surface area (Å²) in [5.74, 6) is 0.743. The molecule has 2 rings (SSSR count). The van der Waals surface area contributed by atoms with Crippen LogP contribution in [0.1, 0.15) is 23.6 Å². The first-order valence-electron chi connectivity index (χ1n) is 8.08. The fourth-order valence-electron chi connectivity index (χ4n) is 2.36. The summed E-state index contributed by atoms with van der Waals surface area (Å²) in [5, 5.41) is 13.6. The number of nitrogens with one attached hydrogen (secondary N) is 1. The third-order valence-electron chi connectivity index (χ3n) is 3.46. The molecule has 0 bridgehead atoms. The zero-order valence-electron chi connectivity index (χ0n) is 14.9. The number of benzene rings is 2. The minimum Gasteiger partial charge on any atom is -0.504 e. The van der Waals surface area contributed by atoms with Gasteiger partial charge in [0.2, 0.25) is 0 Å². The van der Waals surface area contributed by atoms with Crippen LogP contribution in [0.5, 0.6) is 17.2 Å². The van der Waals surface area contributed by atoms with Crippen molar-refractivity contribution in [1.82, 2.24) is 5.43 Å². The number of aryl methyl sites for hydroxylation is 2. The number of amides is 1. The van der Waals surface area contributed by atoms with E-state index in [1.165, 1.54) is 12.3 Å². The number of ether oxygens (including phenoxy) is 2. The van der Waals surface area contributed by atoms with Gasteiger partial charge in [-0.2, -0.15) is 5.10 Å². The molecule has 138 valence electrons. The number of hydrogen-bond donors (Lipinski definition) is 2. The molecule has 26 heavy (non-hydrogen) atoms. The van der Waals surface area contributed by atoms with Crippen molar-refractivity contribution >= 4 is 28.1 Å². The number of halogens is 1. The second-order valence-electron chi connectivity index (χ2n) is 5.61. The van der Waals surface area contributed by atoms with Crippen LogP contribution in [0, 0.1) is 13.8 Å². The van der Waals surface area contributed by atoms with Gasteiger partial charge < -0.3 is 14.6 Å². The second kappa shape index (κ2) is 9.24. The molecule has 1 amide bonds. The lowest BCUT2D eigenvalue weighted by atomic mass is 10.1. The minimum absolute atomic E-state index is 0.0571. The highest BCUT2D eigenvalue weighted by Crippen LogP contribution is 2.27. The summed E-state index contributed by atoms with van der Waals surface area (Å²) < 4.78 is 11.9. The van der Waals surface area contributed by atoms with Crippen molar-refractivity contribution in [1.29, 1.82) is 0 Å². The van der Waals surface area contributed by atoms with E-state index in [1.807, 2.05) is 32.9 Å². The zero-order chi connectivity index (χ0) is 19.1. The SMILES string of the molecule is CCOc1cc(/C=N/NC(=O)COc2c(C)cc(Br)cc2C)ccc1O. The van der Waals surface area contributed by atoms with Gasteiger partial charge in [0, 0.05) is 4.47 Å². The average molecular weight is 421 g/mol. The van der Waals surface area contributed by atoms with E-state index in [2.05, 4.69) is 26.5 Å². The molecule has 0 fully saturated rings. The molecule has 0 atom stereocenters. The van der Waals surface area contributed by atoms with Gasteiger partial charge in [0.05, 0.1) is 12.8 Å². The second-order valence-corrected chi connectivity index (χ2v) is 6.53. The number of hydrazone groups is 1. The van der Waals surface area contributed by atoms with Crippen LogP contribution in [0.4, 0.5) is 0 Å². The van der Waals surface area contributed by atoms with Crippen LogP contribution >= 0.6 is 15.9 Å². The van der Waals surface area contributed by atoms with Gasteiger partial charge in [-0.3, -0.25) is 4.79 Å². The van der Waals surface area contributed by atoms with Crippen LogP contribution in [0.25, 0.3) is 0 Å². The molecule has 0 aromatic heterocycles. The number of aromatic hydroxyl groups is 1. The minimum atomic E-state index is -0.369. The van der Waals surface area contributed by atoms with Crippen LogP contribution in [0.15, 0.2) is 39.9 Å². The monoisotopic (exact) mass is 420 g/mol. The molecule has 0 aliphatic rings. The summed E-state index contributed by atoms with van der Waals surface area (Å²) in [6.07, 6.45) is 1.47. The maximum absolute atomic E-state index is 11.9. The van der Waals surface area contributed by atoms with Gasteiger partial charge >= 0.3 is 0 Å². The molecular formula is C19H21BrN2O4. The first-order chi connectivity index (χ1) is 12.4. The van der Waals surface area contributed by atoms with Crippen molar-refractivity contribution in [2.24, 2.45) is 5.10 Å². The molecule has 0 spiro atoms. The van der Waals surface area contributed by atoms with Gasteiger partial charge in [-0.25, -0.2) is 5.43 Å². The molecule has 6 nitrogen and oxygen atoms in total. The lowest BCUT2D eigenvalue weighted by Gasteiger charge is -2.11. The van der Waals surface area contributed by atoms with Crippen LogP contribution in [0.2, 0.25) is 0 Å². The Kier molecular flexibility index (Phi) is 7.03. The summed E-state index contributed by atoms with van der Waals surface area (Å²) >= 11 is 3.42. The van der Waals surface area contributed by atoms with Crippen LogP contribution in [0.3, 0.4) is 0 Å². The summed E-state index contributed by atoms with van der Waals surface area (Å²) in [4.78, 5) is 11.9. The topological polar surface area (TPSA) is 80.2 Å². The number of phenolic OH excluding ortho intramolecular Hbond substituents is 1. The van der Waals surface area contributed by atoms with Crippen molar-refractivity contribution < 1.29 is 19.4 Å². The van der Waals surface area contributed by atoms with Gasteiger partial charge in [0.1, 0.15) is 5.75 Å². The summed E-state index contributed by atoms with van der Waals surface area (Å²) in [6, 6.07) is 8.67. The highest BCUT2D eigenvalue weighted by Gasteiger charge is 2.08. The Hall–Kier alpha value is -2.54.